The molecule has 3 rings (SSSR count). The molecule has 2 saturated heterocycles. The second-order valence-electron chi connectivity index (χ2n) is 7.35. The Balaban J connectivity index is 1.75. The molecule has 0 aliphatic carbocycles. The Kier molecular flexibility index (Phi) is 7.94. The summed E-state index contributed by atoms with van der Waals surface area (Å²) in [4.78, 5) is 10.4. The van der Waals surface area contributed by atoms with Gasteiger partial charge in [0.15, 0.2) is 12.0 Å². The number of nitro groups is 1. The smallest absolute Gasteiger partial charge is 0.311 e. The number of benzene rings is 1. The van der Waals surface area contributed by atoms with Gasteiger partial charge >= 0.3 is 5.69 Å². The van der Waals surface area contributed by atoms with Crippen molar-refractivity contribution < 1.29 is 59.6 Å². The number of nitrogens with zero attached hydrogens (tertiary/aromatic N) is 1. The Hall–Kier alpha value is -1.98. The molecular weight excluding hydrogens is 438 g/mol. The maximum absolute atomic E-state index is 11.2. The van der Waals surface area contributed by atoms with E-state index < -0.39 is 85.2 Å². The van der Waals surface area contributed by atoms with Crippen molar-refractivity contribution in [1.29, 1.82) is 0 Å². The number of aliphatic hydroxyl groups excluding tert-OH is 7. The van der Waals surface area contributed by atoms with Crippen LogP contribution >= 0.6 is 0 Å². The van der Waals surface area contributed by atoms with Crippen molar-refractivity contribution in [2.45, 2.75) is 61.4 Å². The van der Waals surface area contributed by atoms with Gasteiger partial charge in [0.05, 0.1) is 18.1 Å². The fourth-order valence-corrected chi connectivity index (χ4v) is 3.49. The van der Waals surface area contributed by atoms with Gasteiger partial charge in [0.25, 0.3) is 0 Å². The summed E-state index contributed by atoms with van der Waals surface area (Å²) in [6.07, 6.45) is -16.2. The van der Waals surface area contributed by atoms with E-state index in [4.69, 9.17) is 18.9 Å². The van der Waals surface area contributed by atoms with Crippen LogP contribution in [0.2, 0.25) is 0 Å². The highest BCUT2D eigenvalue weighted by molar-refractivity contribution is 5.45. The van der Waals surface area contributed by atoms with Crippen molar-refractivity contribution >= 4 is 5.69 Å². The van der Waals surface area contributed by atoms with Gasteiger partial charge in [0, 0.05) is 6.07 Å². The molecule has 0 saturated carbocycles. The molecule has 0 aromatic heterocycles. The predicted molar refractivity (Wildman–Crippen MR) is 100 cm³/mol. The Morgan fingerprint density at radius 3 is 2.06 bits per heavy atom. The Bertz CT molecular complexity index is 777. The van der Waals surface area contributed by atoms with Gasteiger partial charge in [0.1, 0.15) is 48.8 Å². The SMILES string of the molecule is O=[N+]([O-])c1ccccc1OC1OC(CO)C(OC2OC(CO)C(O)C(O)C2O)C(O)C1O. The van der Waals surface area contributed by atoms with Gasteiger partial charge in [-0.1, -0.05) is 12.1 Å². The van der Waals surface area contributed by atoms with Crippen molar-refractivity contribution in [3.05, 3.63) is 34.4 Å². The molecule has 7 N–H and O–H groups in total. The number of nitro benzene ring substituents is 1. The van der Waals surface area contributed by atoms with E-state index >= 15 is 0 Å². The van der Waals surface area contributed by atoms with Gasteiger partial charge in [-0.3, -0.25) is 10.1 Å². The van der Waals surface area contributed by atoms with Gasteiger partial charge in [-0.2, -0.15) is 0 Å². The lowest BCUT2D eigenvalue weighted by atomic mass is 9.97. The standard InChI is InChI=1S/C18H25NO13/c20-5-9-11(22)12(23)14(25)18(30-9)32-16-10(6-21)31-17(15(26)13(16)24)29-8-4-2-1-3-7(8)19(27)28/h1-4,9-18,20-26H,5-6H2. The zero-order valence-corrected chi connectivity index (χ0v) is 16.5. The lowest BCUT2D eigenvalue weighted by Crippen LogP contribution is -2.65. The molecule has 0 spiro atoms. The second-order valence-corrected chi connectivity index (χ2v) is 7.35. The first-order chi connectivity index (χ1) is 15.2. The summed E-state index contributed by atoms with van der Waals surface area (Å²) in [5, 5.41) is 80.9. The predicted octanol–water partition coefficient (Wildman–Crippen LogP) is -3.40. The summed E-state index contributed by atoms with van der Waals surface area (Å²) in [5.74, 6) is -0.251. The lowest BCUT2D eigenvalue weighted by molar-refractivity contribution is -0.387. The third-order valence-corrected chi connectivity index (χ3v) is 5.27. The first kappa shape index (κ1) is 24.7. The van der Waals surface area contributed by atoms with Crippen LogP contribution in [0.1, 0.15) is 0 Å². The fraction of sp³-hybridized carbons (Fsp3) is 0.667. The van der Waals surface area contributed by atoms with Crippen LogP contribution < -0.4 is 4.74 Å². The van der Waals surface area contributed by atoms with Crippen molar-refractivity contribution in [2.75, 3.05) is 13.2 Å². The average Bonchev–Trinajstić information content (AvgIpc) is 2.78. The van der Waals surface area contributed by atoms with Gasteiger partial charge in [-0.15, -0.1) is 0 Å². The zero-order chi connectivity index (χ0) is 23.6. The molecule has 0 radical (unpaired) electrons. The van der Waals surface area contributed by atoms with Crippen LogP contribution in [0.4, 0.5) is 5.69 Å². The highest BCUT2D eigenvalue weighted by atomic mass is 16.7. The molecule has 10 atom stereocenters. The van der Waals surface area contributed by atoms with E-state index in [-0.39, 0.29) is 5.75 Å². The molecule has 14 heteroatoms. The largest absolute Gasteiger partial charge is 0.455 e. The van der Waals surface area contributed by atoms with E-state index in [1.54, 1.807) is 0 Å². The summed E-state index contributed by atoms with van der Waals surface area (Å²) in [7, 11) is 0. The Labute approximate surface area is 180 Å². The summed E-state index contributed by atoms with van der Waals surface area (Å²) < 4.78 is 21.4. The van der Waals surface area contributed by atoms with Gasteiger partial charge in [0.2, 0.25) is 6.29 Å². The molecule has 0 amide bonds. The van der Waals surface area contributed by atoms with Crippen molar-refractivity contribution in [2.24, 2.45) is 0 Å². The number of hydrogen-bond donors (Lipinski definition) is 7. The molecule has 2 fully saturated rings. The zero-order valence-electron chi connectivity index (χ0n) is 16.5. The van der Waals surface area contributed by atoms with Crippen molar-refractivity contribution in [3.63, 3.8) is 0 Å². The van der Waals surface area contributed by atoms with Crippen LogP contribution in [0.15, 0.2) is 24.3 Å². The van der Waals surface area contributed by atoms with E-state index in [1.165, 1.54) is 18.2 Å². The average molecular weight is 463 g/mol. The summed E-state index contributed by atoms with van der Waals surface area (Å²) >= 11 is 0. The molecule has 1 aromatic carbocycles. The monoisotopic (exact) mass is 463 g/mol. The van der Waals surface area contributed by atoms with Crippen LogP contribution in [0, 0.1) is 10.1 Å². The number of aliphatic hydroxyl groups is 7. The van der Waals surface area contributed by atoms with Crippen LogP contribution in [-0.4, -0.2) is 115 Å². The molecule has 2 heterocycles. The van der Waals surface area contributed by atoms with Crippen LogP contribution in [0.5, 0.6) is 5.75 Å². The fourth-order valence-electron chi connectivity index (χ4n) is 3.49. The maximum atomic E-state index is 11.2. The molecule has 180 valence electrons. The van der Waals surface area contributed by atoms with Crippen molar-refractivity contribution in [1.82, 2.24) is 0 Å². The molecular formula is C18H25NO13. The highest BCUT2D eigenvalue weighted by Gasteiger charge is 2.51. The van der Waals surface area contributed by atoms with Crippen LogP contribution in [0.3, 0.4) is 0 Å². The molecule has 1 aromatic rings. The normalized spacial score (nSPS) is 40.1. The number of para-hydroxylation sites is 2. The summed E-state index contributed by atoms with van der Waals surface area (Å²) in [6, 6.07) is 5.27. The summed E-state index contributed by atoms with van der Waals surface area (Å²) in [6.45, 7) is -1.48. The quantitative estimate of drug-likeness (QED) is 0.155. The van der Waals surface area contributed by atoms with Crippen LogP contribution in [-0.2, 0) is 14.2 Å². The summed E-state index contributed by atoms with van der Waals surface area (Å²) in [5.41, 5.74) is -0.418. The third-order valence-electron chi connectivity index (χ3n) is 5.27. The van der Waals surface area contributed by atoms with Gasteiger partial charge in [-0.05, 0) is 6.07 Å². The minimum Gasteiger partial charge on any atom is -0.455 e. The third kappa shape index (κ3) is 4.84. The number of rotatable bonds is 7. The van der Waals surface area contributed by atoms with Gasteiger partial charge < -0.3 is 54.7 Å². The number of ether oxygens (including phenoxy) is 4. The van der Waals surface area contributed by atoms with Crippen molar-refractivity contribution in [3.8, 4) is 5.75 Å². The molecule has 10 unspecified atom stereocenters. The molecule has 32 heavy (non-hydrogen) atoms. The topological polar surface area (TPSA) is 222 Å². The van der Waals surface area contributed by atoms with E-state index in [0.717, 1.165) is 6.07 Å². The Morgan fingerprint density at radius 2 is 1.44 bits per heavy atom. The van der Waals surface area contributed by atoms with Gasteiger partial charge in [-0.25, -0.2) is 0 Å². The minimum atomic E-state index is -1.81. The second kappa shape index (κ2) is 10.3. The highest BCUT2D eigenvalue weighted by Crippen LogP contribution is 2.33. The molecule has 2 aliphatic heterocycles. The first-order valence-corrected chi connectivity index (χ1v) is 9.68. The Morgan fingerprint density at radius 1 is 0.844 bits per heavy atom. The number of hydrogen-bond acceptors (Lipinski definition) is 13. The molecule has 0 bridgehead atoms. The van der Waals surface area contributed by atoms with E-state index in [0.29, 0.717) is 0 Å². The van der Waals surface area contributed by atoms with E-state index in [2.05, 4.69) is 0 Å². The van der Waals surface area contributed by atoms with Crippen LogP contribution in [0.25, 0.3) is 0 Å². The maximum Gasteiger partial charge on any atom is 0.311 e. The van der Waals surface area contributed by atoms with E-state index in [1.807, 2.05) is 0 Å². The minimum absolute atomic E-state index is 0.251. The lowest BCUT2D eigenvalue weighted by Gasteiger charge is -2.45. The molecule has 2 aliphatic rings. The first-order valence-electron chi connectivity index (χ1n) is 9.68. The molecule has 14 nitrogen and oxygen atoms in total. The van der Waals surface area contributed by atoms with E-state index in [9.17, 15) is 45.9 Å².